The van der Waals surface area contributed by atoms with Crippen LogP contribution >= 0.6 is 0 Å². The van der Waals surface area contributed by atoms with Gasteiger partial charge in [0.15, 0.2) is 17.5 Å². The predicted molar refractivity (Wildman–Crippen MR) is 237 cm³/mol. The van der Waals surface area contributed by atoms with Crippen LogP contribution in [0.15, 0.2) is 188 Å². The number of rotatable bonds is 5. The highest BCUT2D eigenvalue weighted by Gasteiger charge is 2.37. The van der Waals surface area contributed by atoms with Crippen molar-refractivity contribution in [3.8, 4) is 67.5 Å². The zero-order valence-electron chi connectivity index (χ0n) is 31.7. The van der Waals surface area contributed by atoms with Crippen molar-refractivity contribution in [2.75, 3.05) is 0 Å². The molecule has 1 aliphatic carbocycles. The molecule has 0 amide bonds. The molecule has 0 aliphatic heterocycles. The van der Waals surface area contributed by atoms with Crippen molar-refractivity contribution in [2.24, 2.45) is 0 Å². The van der Waals surface area contributed by atoms with E-state index in [2.05, 4.69) is 184 Å². The minimum absolute atomic E-state index is 0.130. The molecule has 0 saturated heterocycles. The molecule has 0 radical (unpaired) electrons. The Hall–Kier alpha value is -7.23. The Bertz CT molecular complexity index is 3180. The first kappa shape index (κ1) is 33.1. The van der Waals surface area contributed by atoms with Gasteiger partial charge in [-0.2, -0.15) is 0 Å². The van der Waals surface area contributed by atoms with Gasteiger partial charge < -0.3 is 0 Å². The highest BCUT2D eigenvalue weighted by atomic mass is 15.0. The predicted octanol–water partition coefficient (Wildman–Crippen LogP) is 14.0. The van der Waals surface area contributed by atoms with Gasteiger partial charge >= 0.3 is 0 Å². The van der Waals surface area contributed by atoms with E-state index in [1.165, 1.54) is 71.3 Å². The van der Waals surface area contributed by atoms with Crippen LogP contribution in [0.3, 0.4) is 0 Å². The fourth-order valence-corrected chi connectivity index (χ4v) is 9.23. The topological polar surface area (TPSA) is 38.7 Å². The number of hydrogen-bond donors (Lipinski definition) is 0. The molecule has 0 atom stereocenters. The van der Waals surface area contributed by atoms with Gasteiger partial charge in [0.25, 0.3) is 0 Å². The van der Waals surface area contributed by atoms with E-state index in [0.717, 1.165) is 22.3 Å². The molecule has 3 nitrogen and oxygen atoms in total. The van der Waals surface area contributed by atoms with Crippen LogP contribution in [0.4, 0.5) is 0 Å². The van der Waals surface area contributed by atoms with Crippen LogP contribution in [-0.4, -0.2) is 15.0 Å². The fraction of sp³-hybridized carbons (Fsp3) is 0.0556. The highest BCUT2D eigenvalue weighted by Crippen LogP contribution is 2.52. The molecule has 0 N–H and O–H groups in total. The third-order valence-electron chi connectivity index (χ3n) is 11.9. The summed E-state index contributed by atoms with van der Waals surface area (Å²) in [4.78, 5) is 15.6. The molecule has 0 unspecified atom stereocenters. The maximum Gasteiger partial charge on any atom is 0.164 e. The van der Waals surface area contributed by atoms with Crippen LogP contribution in [0.1, 0.15) is 25.0 Å². The van der Waals surface area contributed by atoms with E-state index in [9.17, 15) is 0 Å². The minimum Gasteiger partial charge on any atom is -0.208 e. The van der Waals surface area contributed by atoms with Crippen molar-refractivity contribution in [3.63, 3.8) is 0 Å². The summed E-state index contributed by atoms with van der Waals surface area (Å²) in [5.41, 5.74) is 12.7. The SMILES string of the molecule is CC1(C)c2ccccc2-c2c(-c3nc(-c4ccccc4)nc(-c4ccc(-c5c6ccccc6c(-c6ccccc6)c6ccc7ccccc7c56)cc4)n3)cccc21. The van der Waals surface area contributed by atoms with E-state index in [1.807, 2.05) is 18.2 Å². The highest BCUT2D eigenvalue weighted by molar-refractivity contribution is 6.27. The van der Waals surface area contributed by atoms with Crippen molar-refractivity contribution in [1.29, 1.82) is 0 Å². The van der Waals surface area contributed by atoms with E-state index in [0.29, 0.717) is 17.5 Å². The van der Waals surface area contributed by atoms with Crippen LogP contribution in [0.5, 0.6) is 0 Å². The Morgan fingerprint density at radius 3 is 1.56 bits per heavy atom. The zero-order valence-corrected chi connectivity index (χ0v) is 31.7. The quantitative estimate of drug-likeness (QED) is 0.131. The molecule has 9 aromatic carbocycles. The minimum atomic E-state index is -0.130. The van der Waals surface area contributed by atoms with Crippen LogP contribution in [0.25, 0.3) is 99.9 Å². The molecule has 11 rings (SSSR count). The maximum absolute atomic E-state index is 5.26. The largest absolute Gasteiger partial charge is 0.208 e. The molecule has 0 fully saturated rings. The Balaban J connectivity index is 1.12. The van der Waals surface area contributed by atoms with Crippen molar-refractivity contribution in [3.05, 3.63) is 199 Å². The second-order valence-corrected chi connectivity index (χ2v) is 15.5. The molecule has 57 heavy (non-hydrogen) atoms. The molecule has 10 aromatic rings. The molecule has 268 valence electrons. The van der Waals surface area contributed by atoms with Gasteiger partial charge in [0.1, 0.15) is 0 Å². The maximum atomic E-state index is 5.26. The summed E-state index contributed by atoms with van der Waals surface area (Å²) < 4.78 is 0. The lowest BCUT2D eigenvalue weighted by Crippen LogP contribution is -2.14. The summed E-state index contributed by atoms with van der Waals surface area (Å²) in [7, 11) is 0. The molecule has 0 bridgehead atoms. The van der Waals surface area contributed by atoms with Crippen molar-refractivity contribution < 1.29 is 0 Å². The van der Waals surface area contributed by atoms with Crippen LogP contribution in [-0.2, 0) is 5.41 Å². The van der Waals surface area contributed by atoms with Crippen LogP contribution in [0.2, 0.25) is 0 Å². The average Bonchev–Trinajstić information content (AvgIpc) is 3.52. The van der Waals surface area contributed by atoms with E-state index in [1.54, 1.807) is 0 Å². The molecular formula is C54H37N3. The normalized spacial score (nSPS) is 12.9. The second kappa shape index (κ2) is 12.9. The van der Waals surface area contributed by atoms with E-state index in [4.69, 9.17) is 15.0 Å². The lowest BCUT2D eigenvalue weighted by atomic mass is 9.82. The molecule has 1 heterocycles. The number of fused-ring (bicyclic) bond motifs is 7. The van der Waals surface area contributed by atoms with Crippen molar-refractivity contribution >= 4 is 32.3 Å². The summed E-state index contributed by atoms with van der Waals surface area (Å²) in [5, 5.41) is 7.43. The first-order chi connectivity index (χ1) is 28.0. The Morgan fingerprint density at radius 1 is 0.316 bits per heavy atom. The van der Waals surface area contributed by atoms with Gasteiger partial charge in [-0.1, -0.05) is 202 Å². The van der Waals surface area contributed by atoms with Gasteiger partial charge in [-0.25, -0.2) is 15.0 Å². The molecule has 1 aliphatic rings. The number of aromatic nitrogens is 3. The van der Waals surface area contributed by atoms with E-state index < -0.39 is 0 Å². The molecule has 3 heteroatoms. The summed E-state index contributed by atoms with van der Waals surface area (Å²) in [6, 6.07) is 67.3. The van der Waals surface area contributed by atoms with Crippen molar-refractivity contribution in [2.45, 2.75) is 19.3 Å². The van der Waals surface area contributed by atoms with Crippen LogP contribution in [0, 0.1) is 0 Å². The third kappa shape index (κ3) is 5.23. The molecule has 0 spiro atoms. The number of nitrogens with zero attached hydrogens (tertiary/aromatic N) is 3. The summed E-state index contributed by atoms with van der Waals surface area (Å²) in [5.74, 6) is 1.98. The summed E-state index contributed by atoms with van der Waals surface area (Å²) in [6.07, 6.45) is 0. The Kier molecular flexibility index (Phi) is 7.52. The van der Waals surface area contributed by atoms with Gasteiger partial charge in [-0.3, -0.25) is 0 Å². The molecule has 0 saturated carbocycles. The number of benzene rings is 9. The standard InChI is InChI=1S/C54H37N3/c1-54(2)45-26-14-13-24-42(45)49-44(25-15-27-46(49)54)53-56-51(37-19-7-4-8-20-37)55-52(57-53)38-30-28-36(29-31-38)48-41-23-12-11-22-40(41)47(35-17-5-3-6-18-35)43-33-32-34-16-9-10-21-39(34)50(43)48/h3-33H,1-2H3. The smallest absolute Gasteiger partial charge is 0.164 e. The first-order valence-electron chi connectivity index (χ1n) is 19.6. The average molecular weight is 728 g/mol. The van der Waals surface area contributed by atoms with E-state index >= 15 is 0 Å². The van der Waals surface area contributed by atoms with E-state index in [-0.39, 0.29) is 5.41 Å². The second-order valence-electron chi connectivity index (χ2n) is 15.5. The lowest BCUT2D eigenvalue weighted by molar-refractivity contribution is 0.660. The Labute approximate surface area is 332 Å². The van der Waals surface area contributed by atoms with Gasteiger partial charge in [0.2, 0.25) is 0 Å². The zero-order chi connectivity index (χ0) is 38.1. The first-order valence-corrected chi connectivity index (χ1v) is 19.6. The van der Waals surface area contributed by atoms with Gasteiger partial charge in [-0.15, -0.1) is 0 Å². The molecular weight excluding hydrogens is 691 g/mol. The van der Waals surface area contributed by atoms with Gasteiger partial charge in [0.05, 0.1) is 0 Å². The lowest BCUT2D eigenvalue weighted by Gasteiger charge is -2.21. The van der Waals surface area contributed by atoms with Crippen LogP contribution < -0.4 is 0 Å². The fourth-order valence-electron chi connectivity index (χ4n) is 9.23. The number of hydrogen-bond acceptors (Lipinski definition) is 3. The monoisotopic (exact) mass is 727 g/mol. The van der Waals surface area contributed by atoms with Crippen molar-refractivity contribution in [1.82, 2.24) is 15.0 Å². The Morgan fingerprint density at radius 2 is 0.825 bits per heavy atom. The van der Waals surface area contributed by atoms with Gasteiger partial charge in [-0.05, 0) is 76.8 Å². The summed E-state index contributed by atoms with van der Waals surface area (Å²) in [6.45, 7) is 4.61. The van der Waals surface area contributed by atoms with Gasteiger partial charge in [0, 0.05) is 22.1 Å². The summed E-state index contributed by atoms with van der Waals surface area (Å²) >= 11 is 0. The third-order valence-corrected chi connectivity index (χ3v) is 11.9. The molecule has 1 aromatic heterocycles.